The first-order valence-electron chi connectivity index (χ1n) is 12.3. The van der Waals surface area contributed by atoms with Crippen molar-refractivity contribution in [1.29, 1.82) is 0 Å². The molecule has 0 radical (unpaired) electrons. The molecule has 0 bridgehead atoms. The Morgan fingerprint density at radius 2 is 1.69 bits per heavy atom. The third-order valence-corrected chi connectivity index (χ3v) is 6.88. The van der Waals surface area contributed by atoms with Crippen molar-refractivity contribution in [2.45, 2.75) is 39.2 Å². The van der Waals surface area contributed by atoms with Crippen LogP contribution in [0, 0.1) is 11.7 Å². The van der Waals surface area contributed by atoms with Gasteiger partial charge in [-0.3, -0.25) is 14.3 Å². The van der Waals surface area contributed by atoms with Gasteiger partial charge in [-0.25, -0.2) is 9.37 Å². The van der Waals surface area contributed by atoms with Crippen LogP contribution in [-0.4, -0.2) is 33.4 Å². The highest BCUT2D eigenvalue weighted by Crippen LogP contribution is 2.27. The van der Waals surface area contributed by atoms with E-state index in [0.717, 1.165) is 59.7 Å². The number of imidazole rings is 1. The number of amides is 1. The molecule has 1 N–H and O–H groups in total. The Kier molecular flexibility index (Phi) is 6.64. The van der Waals surface area contributed by atoms with Gasteiger partial charge < -0.3 is 5.32 Å². The van der Waals surface area contributed by atoms with Crippen LogP contribution in [0.4, 0.5) is 10.1 Å². The largest absolute Gasteiger partial charge is 0.326 e. The van der Waals surface area contributed by atoms with Gasteiger partial charge in [0.1, 0.15) is 11.6 Å². The normalized spacial score (nSPS) is 15.1. The molecule has 0 spiro atoms. The van der Waals surface area contributed by atoms with Gasteiger partial charge in [-0.15, -0.1) is 0 Å². The second kappa shape index (κ2) is 10.0. The number of carbonyl (C=O) groups excluding carboxylic acids is 1. The number of piperidine rings is 1. The zero-order valence-corrected chi connectivity index (χ0v) is 20.2. The van der Waals surface area contributed by atoms with Gasteiger partial charge in [0.25, 0.3) is 0 Å². The molecular weight excluding hydrogens is 439 g/mol. The van der Waals surface area contributed by atoms with Gasteiger partial charge in [0, 0.05) is 17.3 Å². The molecule has 2 heterocycles. The molecule has 0 unspecified atom stereocenters. The molecule has 3 aromatic carbocycles. The summed E-state index contributed by atoms with van der Waals surface area (Å²) in [5.41, 5.74) is 4.91. The van der Waals surface area contributed by atoms with E-state index in [9.17, 15) is 9.18 Å². The number of anilines is 1. The summed E-state index contributed by atoms with van der Waals surface area (Å²) >= 11 is 0. The molecule has 180 valence electrons. The van der Waals surface area contributed by atoms with Crippen molar-refractivity contribution in [2.75, 3.05) is 18.4 Å². The van der Waals surface area contributed by atoms with Crippen LogP contribution in [0.5, 0.6) is 0 Å². The first-order chi connectivity index (χ1) is 17.0. The maximum Gasteiger partial charge on any atom is 0.227 e. The summed E-state index contributed by atoms with van der Waals surface area (Å²) in [6.07, 6.45) is 1.62. The number of benzene rings is 3. The van der Waals surface area contributed by atoms with E-state index in [2.05, 4.69) is 34.7 Å². The number of hydrogen-bond acceptors (Lipinski definition) is 3. The number of likely N-dealkylation sites (tertiary alicyclic amines) is 1. The van der Waals surface area contributed by atoms with E-state index in [0.29, 0.717) is 12.5 Å². The number of hydrogen-bond donors (Lipinski definition) is 1. The molecular formula is C29H31FN4O. The molecule has 0 saturated carbocycles. The zero-order chi connectivity index (χ0) is 24.4. The molecule has 1 fully saturated rings. The molecule has 35 heavy (non-hydrogen) atoms. The number of fused-ring (bicyclic) bond motifs is 1. The monoisotopic (exact) mass is 470 g/mol. The summed E-state index contributed by atoms with van der Waals surface area (Å²) in [4.78, 5) is 20.3. The molecule has 0 aliphatic carbocycles. The number of halogens is 1. The van der Waals surface area contributed by atoms with E-state index in [1.807, 2.05) is 42.5 Å². The van der Waals surface area contributed by atoms with Gasteiger partial charge in [-0.1, -0.05) is 44.2 Å². The Bertz CT molecular complexity index is 1320. The van der Waals surface area contributed by atoms with Gasteiger partial charge in [0.15, 0.2) is 0 Å². The summed E-state index contributed by atoms with van der Waals surface area (Å²) < 4.78 is 15.7. The van der Waals surface area contributed by atoms with E-state index < -0.39 is 0 Å². The Hall–Kier alpha value is -3.51. The van der Waals surface area contributed by atoms with Crippen molar-refractivity contribution in [2.24, 2.45) is 5.92 Å². The molecule has 1 amide bonds. The Morgan fingerprint density at radius 1 is 1.00 bits per heavy atom. The summed E-state index contributed by atoms with van der Waals surface area (Å²) in [5.74, 6) is 1.13. The second-order valence-electron chi connectivity index (χ2n) is 9.61. The summed E-state index contributed by atoms with van der Waals surface area (Å²) in [6.45, 7) is 6.62. The van der Waals surface area contributed by atoms with E-state index >= 15 is 0 Å². The highest BCUT2D eigenvalue weighted by atomic mass is 19.1. The van der Waals surface area contributed by atoms with Crippen LogP contribution in [0.25, 0.3) is 16.7 Å². The molecule has 5 rings (SSSR count). The molecule has 4 aromatic rings. The lowest BCUT2D eigenvalue weighted by Gasteiger charge is -2.31. The number of rotatable bonds is 6. The van der Waals surface area contributed by atoms with Crippen molar-refractivity contribution >= 4 is 22.6 Å². The highest BCUT2D eigenvalue weighted by molar-refractivity contribution is 5.93. The quantitative estimate of drug-likeness (QED) is 0.368. The van der Waals surface area contributed by atoms with Gasteiger partial charge in [-0.05, 0) is 79.9 Å². The highest BCUT2D eigenvalue weighted by Gasteiger charge is 2.27. The number of para-hydroxylation sites is 3. The fraction of sp³-hybridized carbons (Fsp3) is 0.310. The average molecular weight is 471 g/mol. The molecule has 1 aliphatic heterocycles. The van der Waals surface area contributed by atoms with Crippen molar-refractivity contribution in [3.63, 3.8) is 0 Å². The Morgan fingerprint density at radius 3 is 2.43 bits per heavy atom. The Balaban J connectivity index is 1.28. The summed E-state index contributed by atoms with van der Waals surface area (Å²) in [6, 6.07) is 22.6. The number of nitrogens with one attached hydrogen (secondary N) is 1. The number of aromatic nitrogens is 2. The van der Waals surface area contributed by atoms with Gasteiger partial charge in [0.2, 0.25) is 5.91 Å². The van der Waals surface area contributed by atoms with E-state index in [-0.39, 0.29) is 17.6 Å². The van der Waals surface area contributed by atoms with Crippen LogP contribution in [0.2, 0.25) is 0 Å². The molecule has 1 aliphatic rings. The molecule has 1 aromatic heterocycles. The summed E-state index contributed by atoms with van der Waals surface area (Å²) in [5, 5.41) is 3.17. The van der Waals surface area contributed by atoms with Gasteiger partial charge in [-0.2, -0.15) is 0 Å². The molecule has 6 heteroatoms. The fourth-order valence-electron chi connectivity index (χ4n) is 4.96. The average Bonchev–Trinajstić information content (AvgIpc) is 3.23. The smallest absolute Gasteiger partial charge is 0.227 e. The third kappa shape index (κ3) is 4.98. The molecule has 0 atom stereocenters. The van der Waals surface area contributed by atoms with Crippen LogP contribution >= 0.6 is 0 Å². The lowest BCUT2D eigenvalue weighted by atomic mass is 9.95. The van der Waals surface area contributed by atoms with Crippen molar-refractivity contribution in [3.05, 3.63) is 90.0 Å². The Labute approximate surface area is 205 Å². The third-order valence-electron chi connectivity index (χ3n) is 6.88. The lowest BCUT2D eigenvalue weighted by molar-refractivity contribution is -0.121. The SMILES string of the molecule is CC(C)c1ccccc1NC(=O)C1CCN(Cc2nc3ccccc3n2-c2ccc(F)cc2)CC1. The van der Waals surface area contributed by atoms with Crippen molar-refractivity contribution < 1.29 is 9.18 Å². The second-order valence-corrected chi connectivity index (χ2v) is 9.61. The summed E-state index contributed by atoms with van der Waals surface area (Å²) in [7, 11) is 0. The maximum atomic E-state index is 13.6. The first kappa shape index (κ1) is 23.2. The zero-order valence-electron chi connectivity index (χ0n) is 20.2. The minimum Gasteiger partial charge on any atom is -0.326 e. The van der Waals surface area contributed by atoms with E-state index in [1.165, 1.54) is 12.1 Å². The standard InChI is InChI=1S/C29H31FN4O/c1-20(2)24-7-3-4-8-25(24)32-29(35)21-15-17-33(18-16-21)19-28-31-26-9-5-6-10-27(26)34(28)23-13-11-22(30)12-14-23/h3-14,20-21H,15-19H2,1-2H3,(H,32,35). The maximum absolute atomic E-state index is 13.6. The van der Waals surface area contributed by atoms with Crippen LogP contribution < -0.4 is 5.32 Å². The van der Waals surface area contributed by atoms with Crippen LogP contribution in [0.15, 0.2) is 72.8 Å². The fourth-order valence-corrected chi connectivity index (χ4v) is 4.96. The predicted molar refractivity (Wildman–Crippen MR) is 138 cm³/mol. The number of carbonyl (C=O) groups is 1. The minimum atomic E-state index is -0.254. The molecule has 1 saturated heterocycles. The first-order valence-corrected chi connectivity index (χ1v) is 12.3. The van der Waals surface area contributed by atoms with Crippen LogP contribution in [0.1, 0.15) is 44.0 Å². The van der Waals surface area contributed by atoms with Crippen LogP contribution in [0.3, 0.4) is 0 Å². The van der Waals surface area contributed by atoms with E-state index in [1.54, 1.807) is 12.1 Å². The lowest BCUT2D eigenvalue weighted by Crippen LogP contribution is -2.38. The minimum absolute atomic E-state index is 0.00221. The van der Waals surface area contributed by atoms with Crippen molar-refractivity contribution in [3.8, 4) is 5.69 Å². The topological polar surface area (TPSA) is 50.2 Å². The van der Waals surface area contributed by atoms with E-state index in [4.69, 9.17) is 4.98 Å². The predicted octanol–water partition coefficient (Wildman–Crippen LogP) is 6.14. The number of nitrogens with zero attached hydrogens (tertiary/aromatic N) is 3. The van der Waals surface area contributed by atoms with Crippen molar-refractivity contribution in [1.82, 2.24) is 14.5 Å². The van der Waals surface area contributed by atoms with Gasteiger partial charge >= 0.3 is 0 Å². The molecule has 5 nitrogen and oxygen atoms in total. The van der Waals surface area contributed by atoms with Gasteiger partial charge in [0.05, 0.1) is 17.6 Å². The van der Waals surface area contributed by atoms with Crippen LogP contribution in [-0.2, 0) is 11.3 Å².